The smallest absolute Gasteiger partial charge is 0.273 e. The fraction of sp³-hybridized carbons (Fsp3) is 0.333. The third-order valence-electron chi connectivity index (χ3n) is 3.16. The SMILES string of the molecule is CC(C)C(N)c1nc(C(=O)NCc2ccccc2Cl)co1. The summed E-state index contributed by atoms with van der Waals surface area (Å²) in [5.74, 6) is 0.233. The Morgan fingerprint density at radius 3 is 2.81 bits per heavy atom. The second-order valence-electron chi connectivity index (χ2n) is 5.11. The largest absolute Gasteiger partial charge is 0.446 e. The van der Waals surface area contributed by atoms with Gasteiger partial charge in [0.05, 0.1) is 6.04 Å². The first-order chi connectivity index (χ1) is 9.99. The van der Waals surface area contributed by atoms with Crippen LogP contribution in [0.25, 0.3) is 0 Å². The van der Waals surface area contributed by atoms with Crippen molar-refractivity contribution < 1.29 is 9.21 Å². The van der Waals surface area contributed by atoms with Crippen molar-refractivity contribution >= 4 is 17.5 Å². The zero-order valence-electron chi connectivity index (χ0n) is 12.0. The van der Waals surface area contributed by atoms with Crippen molar-refractivity contribution in [2.45, 2.75) is 26.4 Å². The van der Waals surface area contributed by atoms with Crippen molar-refractivity contribution in [2.75, 3.05) is 0 Å². The summed E-state index contributed by atoms with van der Waals surface area (Å²) in [7, 11) is 0. The molecule has 1 aromatic carbocycles. The lowest BCUT2D eigenvalue weighted by Gasteiger charge is -2.10. The predicted octanol–water partition coefficient (Wildman–Crippen LogP) is 2.91. The lowest BCUT2D eigenvalue weighted by Crippen LogP contribution is -2.24. The van der Waals surface area contributed by atoms with Gasteiger partial charge in [-0.3, -0.25) is 4.79 Å². The van der Waals surface area contributed by atoms with E-state index in [0.717, 1.165) is 5.56 Å². The fourth-order valence-corrected chi connectivity index (χ4v) is 1.94. The molecule has 6 heteroatoms. The maximum absolute atomic E-state index is 12.0. The first-order valence-electron chi connectivity index (χ1n) is 6.71. The monoisotopic (exact) mass is 307 g/mol. The standard InChI is InChI=1S/C15H18ClN3O2/c1-9(2)13(17)15-19-12(8-21-15)14(20)18-7-10-5-3-4-6-11(10)16/h3-6,8-9,13H,7,17H2,1-2H3,(H,18,20). The number of aromatic nitrogens is 1. The number of nitrogens with one attached hydrogen (secondary N) is 1. The molecule has 21 heavy (non-hydrogen) atoms. The van der Waals surface area contributed by atoms with E-state index in [4.69, 9.17) is 21.8 Å². The van der Waals surface area contributed by atoms with Crippen LogP contribution in [0.1, 0.15) is 41.8 Å². The van der Waals surface area contributed by atoms with Crippen LogP contribution < -0.4 is 11.1 Å². The van der Waals surface area contributed by atoms with Crippen LogP contribution in [-0.2, 0) is 6.54 Å². The molecule has 1 amide bonds. The normalized spacial score (nSPS) is 12.4. The van der Waals surface area contributed by atoms with E-state index in [9.17, 15) is 4.79 Å². The van der Waals surface area contributed by atoms with Gasteiger partial charge in [0.15, 0.2) is 5.69 Å². The summed E-state index contributed by atoms with van der Waals surface area (Å²) >= 11 is 6.03. The Balaban J connectivity index is 2.00. The molecular formula is C15H18ClN3O2. The van der Waals surface area contributed by atoms with Gasteiger partial charge in [-0.05, 0) is 17.5 Å². The molecule has 1 aromatic heterocycles. The van der Waals surface area contributed by atoms with Gasteiger partial charge in [0.1, 0.15) is 6.26 Å². The average molecular weight is 308 g/mol. The zero-order chi connectivity index (χ0) is 15.4. The molecule has 1 heterocycles. The number of carbonyl (C=O) groups is 1. The van der Waals surface area contributed by atoms with E-state index in [-0.39, 0.29) is 23.6 Å². The van der Waals surface area contributed by atoms with Crippen LogP contribution in [0.5, 0.6) is 0 Å². The van der Waals surface area contributed by atoms with Crippen molar-refractivity contribution in [3.05, 3.63) is 52.7 Å². The molecule has 2 rings (SSSR count). The van der Waals surface area contributed by atoms with Gasteiger partial charge >= 0.3 is 0 Å². The van der Waals surface area contributed by atoms with Crippen LogP contribution in [0, 0.1) is 5.92 Å². The van der Waals surface area contributed by atoms with Crippen LogP contribution in [0.4, 0.5) is 0 Å². The van der Waals surface area contributed by atoms with Gasteiger partial charge in [0, 0.05) is 11.6 Å². The van der Waals surface area contributed by atoms with E-state index >= 15 is 0 Å². The van der Waals surface area contributed by atoms with Crippen LogP contribution in [-0.4, -0.2) is 10.9 Å². The molecule has 0 aliphatic carbocycles. The maximum atomic E-state index is 12.0. The first-order valence-corrected chi connectivity index (χ1v) is 7.09. The van der Waals surface area contributed by atoms with Crippen LogP contribution in [0.2, 0.25) is 5.02 Å². The number of benzene rings is 1. The third-order valence-corrected chi connectivity index (χ3v) is 3.52. The van der Waals surface area contributed by atoms with Crippen LogP contribution >= 0.6 is 11.6 Å². The molecule has 0 saturated heterocycles. The Hall–Kier alpha value is -1.85. The fourth-order valence-electron chi connectivity index (χ4n) is 1.74. The summed E-state index contributed by atoms with van der Waals surface area (Å²) in [6.45, 7) is 4.26. The number of hydrogen-bond donors (Lipinski definition) is 2. The van der Waals surface area contributed by atoms with E-state index in [1.54, 1.807) is 6.07 Å². The molecule has 0 saturated carbocycles. The summed E-state index contributed by atoms with van der Waals surface area (Å²) in [4.78, 5) is 16.1. The zero-order valence-corrected chi connectivity index (χ0v) is 12.7. The highest BCUT2D eigenvalue weighted by atomic mass is 35.5. The highest BCUT2D eigenvalue weighted by Gasteiger charge is 2.19. The molecule has 0 spiro atoms. The molecular weight excluding hydrogens is 290 g/mol. The Bertz CT molecular complexity index is 625. The quantitative estimate of drug-likeness (QED) is 0.890. The van der Waals surface area contributed by atoms with Crippen molar-refractivity contribution in [3.63, 3.8) is 0 Å². The Labute approximate surface area is 128 Å². The van der Waals surface area contributed by atoms with E-state index in [2.05, 4.69) is 10.3 Å². The van der Waals surface area contributed by atoms with Gasteiger partial charge in [0.2, 0.25) is 5.89 Å². The third kappa shape index (κ3) is 3.83. The number of amides is 1. The molecule has 112 valence electrons. The molecule has 1 unspecified atom stereocenters. The summed E-state index contributed by atoms with van der Waals surface area (Å²) in [5.41, 5.74) is 6.99. The molecule has 2 aromatic rings. The Morgan fingerprint density at radius 1 is 1.43 bits per heavy atom. The predicted molar refractivity (Wildman–Crippen MR) is 80.9 cm³/mol. The lowest BCUT2D eigenvalue weighted by atomic mass is 10.1. The van der Waals surface area contributed by atoms with E-state index < -0.39 is 0 Å². The molecule has 5 nitrogen and oxygen atoms in total. The van der Waals surface area contributed by atoms with Crippen molar-refractivity contribution in [2.24, 2.45) is 11.7 Å². The second-order valence-corrected chi connectivity index (χ2v) is 5.52. The molecule has 0 radical (unpaired) electrons. The van der Waals surface area contributed by atoms with Gasteiger partial charge in [0.25, 0.3) is 5.91 Å². The number of halogens is 1. The maximum Gasteiger partial charge on any atom is 0.273 e. The van der Waals surface area contributed by atoms with E-state index in [0.29, 0.717) is 17.5 Å². The van der Waals surface area contributed by atoms with Gasteiger partial charge < -0.3 is 15.5 Å². The minimum atomic E-state index is -0.324. The van der Waals surface area contributed by atoms with E-state index in [1.807, 2.05) is 32.0 Å². The van der Waals surface area contributed by atoms with Crippen molar-refractivity contribution in [3.8, 4) is 0 Å². The summed E-state index contributed by atoms with van der Waals surface area (Å²) < 4.78 is 5.26. The lowest BCUT2D eigenvalue weighted by molar-refractivity contribution is 0.0946. The minimum Gasteiger partial charge on any atom is -0.446 e. The van der Waals surface area contributed by atoms with Crippen molar-refractivity contribution in [1.82, 2.24) is 10.3 Å². The average Bonchev–Trinajstić information content (AvgIpc) is 2.95. The van der Waals surface area contributed by atoms with Crippen molar-refractivity contribution in [1.29, 1.82) is 0 Å². The molecule has 0 fully saturated rings. The molecule has 3 N–H and O–H groups in total. The number of oxazole rings is 1. The highest BCUT2D eigenvalue weighted by Crippen LogP contribution is 2.18. The summed E-state index contributed by atoms with van der Waals surface area (Å²) in [5, 5.41) is 3.36. The van der Waals surface area contributed by atoms with Gasteiger partial charge in [-0.1, -0.05) is 43.6 Å². The molecule has 0 bridgehead atoms. The Kier molecular flexibility index (Phi) is 4.98. The number of carbonyl (C=O) groups excluding carboxylic acids is 1. The van der Waals surface area contributed by atoms with Crippen LogP contribution in [0.15, 0.2) is 34.9 Å². The highest BCUT2D eigenvalue weighted by molar-refractivity contribution is 6.31. The number of nitrogens with zero attached hydrogens (tertiary/aromatic N) is 1. The molecule has 1 atom stereocenters. The first kappa shape index (κ1) is 15.5. The minimum absolute atomic E-state index is 0.183. The van der Waals surface area contributed by atoms with E-state index in [1.165, 1.54) is 6.26 Å². The summed E-state index contributed by atoms with van der Waals surface area (Å²) in [6, 6.07) is 7.01. The van der Waals surface area contributed by atoms with Gasteiger partial charge in [-0.2, -0.15) is 0 Å². The second kappa shape index (κ2) is 6.74. The molecule has 0 aliphatic heterocycles. The van der Waals surface area contributed by atoms with Crippen LogP contribution in [0.3, 0.4) is 0 Å². The molecule has 0 aliphatic rings. The van der Waals surface area contributed by atoms with Gasteiger partial charge in [-0.25, -0.2) is 4.98 Å². The number of nitrogens with two attached hydrogens (primary N) is 1. The topological polar surface area (TPSA) is 81.1 Å². The van der Waals surface area contributed by atoms with Gasteiger partial charge in [-0.15, -0.1) is 0 Å². The number of hydrogen-bond acceptors (Lipinski definition) is 4. The Morgan fingerprint density at radius 2 is 2.14 bits per heavy atom. The number of rotatable bonds is 5. The summed E-state index contributed by atoms with van der Waals surface area (Å²) in [6.07, 6.45) is 1.32.